The smallest absolute Gasteiger partial charge is 0.127 e. The molecule has 0 aromatic carbocycles. The lowest BCUT2D eigenvalue weighted by atomic mass is 10.0. The van der Waals surface area contributed by atoms with Crippen molar-refractivity contribution < 1.29 is 4.74 Å². The molecule has 1 aromatic rings. The van der Waals surface area contributed by atoms with E-state index in [0.29, 0.717) is 17.3 Å². The third kappa shape index (κ3) is 2.48. The Morgan fingerprint density at radius 1 is 1.62 bits per heavy atom. The highest BCUT2D eigenvalue weighted by atomic mass is 32.1. The summed E-state index contributed by atoms with van der Waals surface area (Å²) >= 11 is 4.89. The molecular formula is C11H15N3OS. The number of aromatic nitrogens is 1. The summed E-state index contributed by atoms with van der Waals surface area (Å²) in [5.41, 5.74) is 6.14. The van der Waals surface area contributed by atoms with Gasteiger partial charge in [-0.15, -0.1) is 0 Å². The molecule has 86 valence electrons. The molecule has 0 spiro atoms. The number of hydrogen-bond donors (Lipinski definition) is 2. The molecule has 1 atom stereocenters. The Hall–Kier alpha value is -1.20. The Morgan fingerprint density at radius 3 is 3.06 bits per heavy atom. The molecule has 0 radical (unpaired) electrons. The van der Waals surface area contributed by atoms with Gasteiger partial charge in [-0.2, -0.15) is 0 Å². The fourth-order valence-electron chi connectivity index (χ4n) is 1.72. The van der Waals surface area contributed by atoms with Crippen molar-refractivity contribution in [2.45, 2.75) is 18.9 Å². The highest BCUT2D eigenvalue weighted by Crippen LogP contribution is 2.22. The van der Waals surface area contributed by atoms with Crippen LogP contribution >= 0.6 is 12.2 Å². The highest BCUT2D eigenvalue weighted by Gasteiger charge is 2.29. The van der Waals surface area contributed by atoms with Gasteiger partial charge in [-0.05, 0) is 25.5 Å². The quantitative estimate of drug-likeness (QED) is 0.776. The van der Waals surface area contributed by atoms with Gasteiger partial charge in [0.1, 0.15) is 10.8 Å². The van der Waals surface area contributed by atoms with Crippen molar-refractivity contribution in [1.29, 1.82) is 0 Å². The SMILES string of the molecule is CC1(Nc2cccc(C(N)=S)n2)CCOC1. The van der Waals surface area contributed by atoms with Crippen molar-refractivity contribution in [3.8, 4) is 0 Å². The normalized spacial score (nSPS) is 24.3. The van der Waals surface area contributed by atoms with Gasteiger partial charge in [0.2, 0.25) is 0 Å². The first kappa shape index (κ1) is 11.3. The lowest BCUT2D eigenvalue weighted by molar-refractivity contribution is 0.185. The van der Waals surface area contributed by atoms with Crippen molar-refractivity contribution in [2.75, 3.05) is 18.5 Å². The first-order valence-electron chi connectivity index (χ1n) is 5.22. The second kappa shape index (κ2) is 4.35. The van der Waals surface area contributed by atoms with Gasteiger partial charge in [-0.3, -0.25) is 0 Å². The average Bonchev–Trinajstić information content (AvgIpc) is 2.65. The molecule has 1 fully saturated rings. The highest BCUT2D eigenvalue weighted by molar-refractivity contribution is 7.80. The van der Waals surface area contributed by atoms with Gasteiger partial charge in [-0.25, -0.2) is 4.98 Å². The third-order valence-electron chi connectivity index (χ3n) is 2.65. The minimum absolute atomic E-state index is 0.0398. The van der Waals surface area contributed by atoms with E-state index in [1.165, 1.54) is 0 Å². The average molecular weight is 237 g/mol. The Labute approximate surface area is 100 Å². The second-order valence-corrected chi connectivity index (χ2v) is 4.70. The van der Waals surface area contributed by atoms with E-state index in [-0.39, 0.29) is 5.54 Å². The van der Waals surface area contributed by atoms with Crippen LogP contribution in [0.2, 0.25) is 0 Å². The van der Waals surface area contributed by atoms with Crippen LogP contribution in [0.15, 0.2) is 18.2 Å². The van der Waals surface area contributed by atoms with Gasteiger partial charge < -0.3 is 15.8 Å². The fraction of sp³-hybridized carbons (Fsp3) is 0.455. The largest absolute Gasteiger partial charge is 0.388 e. The number of nitrogens with two attached hydrogens (primary N) is 1. The maximum atomic E-state index is 5.54. The maximum absolute atomic E-state index is 5.54. The summed E-state index contributed by atoms with van der Waals surface area (Å²) in [6.45, 7) is 3.61. The topological polar surface area (TPSA) is 60.2 Å². The molecule has 1 aliphatic heterocycles. The van der Waals surface area contributed by atoms with Crippen LogP contribution in [-0.4, -0.2) is 28.7 Å². The van der Waals surface area contributed by atoms with Crippen molar-refractivity contribution in [1.82, 2.24) is 4.98 Å². The van der Waals surface area contributed by atoms with E-state index in [1.807, 2.05) is 12.1 Å². The lowest BCUT2D eigenvalue weighted by Crippen LogP contribution is -2.35. The molecular weight excluding hydrogens is 222 g/mol. The number of thiocarbonyl (C=S) groups is 1. The molecule has 16 heavy (non-hydrogen) atoms. The summed E-state index contributed by atoms with van der Waals surface area (Å²) < 4.78 is 5.37. The van der Waals surface area contributed by atoms with E-state index in [2.05, 4.69) is 17.2 Å². The molecule has 4 nitrogen and oxygen atoms in total. The summed E-state index contributed by atoms with van der Waals surface area (Å²) in [7, 11) is 0. The predicted octanol–water partition coefficient (Wildman–Crippen LogP) is 1.31. The van der Waals surface area contributed by atoms with Crippen molar-refractivity contribution in [3.05, 3.63) is 23.9 Å². The zero-order valence-electron chi connectivity index (χ0n) is 9.19. The van der Waals surface area contributed by atoms with E-state index in [0.717, 1.165) is 18.8 Å². The minimum Gasteiger partial charge on any atom is -0.388 e. The van der Waals surface area contributed by atoms with Crippen molar-refractivity contribution >= 4 is 23.0 Å². The number of nitrogens with zero attached hydrogens (tertiary/aromatic N) is 1. The number of pyridine rings is 1. The van der Waals surface area contributed by atoms with Gasteiger partial charge in [0.05, 0.1) is 17.8 Å². The molecule has 0 saturated carbocycles. The van der Waals surface area contributed by atoms with Crippen LogP contribution in [0.4, 0.5) is 5.82 Å². The fourth-order valence-corrected chi connectivity index (χ4v) is 1.83. The molecule has 2 rings (SSSR count). The summed E-state index contributed by atoms with van der Waals surface area (Å²) in [6, 6.07) is 5.61. The third-order valence-corrected chi connectivity index (χ3v) is 2.86. The van der Waals surface area contributed by atoms with Crippen LogP contribution in [0.1, 0.15) is 19.0 Å². The summed E-state index contributed by atoms with van der Waals surface area (Å²) in [5.74, 6) is 0.790. The van der Waals surface area contributed by atoms with Gasteiger partial charge >= 0.3 is 0 Å². The Morgan fingerprint density at radius 2 is 2.44 bits per heavy atom. The molecule has 1 saturated heterocycles. The van der Waals surface area contributed by atoms with Crippen LogP contribution in [0.25, 0.3) is 0 Å². The van der Waals surface area contributed by atoms with E-state index >= 15 is 0 Å². The molecule has 1 aromatic heterocycles. The van der Waals surface area contributed by atoms with Crippen LogP contribution in [-0.2, 0) is 4.74 Å². The Bertz CT molecular complexity index is 402. The first-order valence-corrected chi connectivity index (χ1v) is 5.63. The number of rotatable bonds is 3. The minimum atomic E-state index is -0.0398. The first-order chi connectivity index (χ1) is 7.59. The molecule has 3 N–H and O–H groups in total. The molecule has 0 aliphatic carbocycles. The van der Waals surface area contributed by atoms with E-state index in [4.69, 9.17) is 22.7 Å². The zero-order chi connectivity index (χ0) is 11.6. The number of hydrogen-bond acceptors (Lipinski definition) is 4. The maximum Gasteiger partial charge on any atom is 0.127 e. The van der Waals surface area contributed by atoms with Crippen LogP contribution in [0.3, 0.4) is 0 Å². The van der Waals surface area contributed by atoms with Gasteiger partial charge in [-0.1, -0.05) is 18.3 Å². The molecule has 1 aliphatic rings. The number of ether oxygens (including phenoxy) is 1. The predicted molar refractivity (Wildman–Crippen MR) is 67.6 cm³/mol. The van der Waals surface area contributed by atoms with Crippen LogP contribution in [0, 0.1) is 0 Å². The van der Waals surface area contributed by atoms with Crippen LogP contribution < -0.4 is 11.1 Å². The molecule has 0 bridgehead atoms. The Balaban J connectivity index is 2.15. The van der Waals surface area contributed by atoms with E-state index in [1.54, 1.807) is 6.07 Å². The van der Waals surface area contributed by atoms with Crippen molar-refractivity contribution in [2.24, 2.45) is 5.73 Å². The summed E-state index contributed by atoms with van der Waals surface area (Å²) in [6.07, 6.45) is 0.978. The molecule has 2 heterocycles. The summed E-state index contributed by atoms with van der Waals surface area (Å²) in [4.78, 5) is 4.66. The molecule has 0 amide bonds. The lowest BCUT2D eigenvalue weighted by Gasteiger charge is -2.24. The number of anilines is 1. The molecule has 1 unspecified atom stereocenters. The summed E-state index contributed by atoms with van der Waals surface area (Å²) in [5, 5.41) is 3.36. The zero-order valence-corrected chi connectivity index (χ0v) is 10.0. The monoisotopic (exact) mass is 237 g/mol. The van der Waals surface area contributed by atoms with E-state index < -0.39 is 0 Å². The second-order valence-electron chi connectivity index (χ2n) is 4.26. The Kier molecular flexibility index (Phi) is 3.07. The van der Waals surface area contributed by atoms with Crippen LogP contribution in [0.5, 0.6) is 0 Å². The van der Waals surface area contributed by atoms with E-state index in [9.17, 15) is 0 Å². The molecule has 5 heteroatoms. The van der Waals surface area contributed by atoms with Gasteiger partial charge in [0.15, 0.2) is 0 Å². The number of nitrogens with one attached hydrogen (secondary N) is 1. The van der Waals surface area contributed by atoms with Gasteiger partial charge in [0.25, 0.3) is 0 Å². The van der Waals surface area contributed by atoms with Gasteiger partial charge in [0, 0.05) is 6.61 Å². The standard InChI is InChI=1S/C11H15N3OS/c1-11(5-6-15-7-11)14-9-4-2-3-8(13-9)10(12)16/h2-4H,5-7H2,1H3,(H2,12,16)(H,13,14). The van der Waals surface area contributed by atoms with Crippen molar-refractivity contribution in [3.63, 3.8) is 0 Å².